The third-order valence-electron chi connectivity index (χ3n) is 3.56. The second-order valence-electron chi connectivity index (χ2n) is 4.79. The molecule has 0 radical (unpaired) electrons. The molecular weight excluding hydrogens is 216 g/mol. The molecule has 3 N–H and O–H groups in total. The minimum Gasteiger partial charge on any atom is -0.396 e. The van der Waals surface area contributed by atoms with Gasteiger partial charge >= 0.3 is 0 Å². The van der Waals surface area contributed by atoms with E-state index in [0.717, 1.165) is 32.1 Å². The zero-order valence-electron chi connectivity index (χ0n) is 9.98. The van der Waals surface area contributed by atoms with Crippen LogP contribution in [0.5, 0.6) is 0 Å². The molecule has 1 aliphatic rings. The Morgan fingerprint density at radius 2 is 2.18 bits per heavy atom. The van der Waals surface area contributed by atoms with Crippen molar-refractivity contribution in [2.45, 2.75) is 38.1 Å². The normalized spacial score (nSPS) is 24.5. The van der Waals surface area contributed by atoms with Gasteiger partial charge in [0.25, 0.3) is 5.91 Å². The lowest BCUT2D eigenvalue weighted by Gasteiger charge is -2.28. The molecule has 1 aromatic rings. The van der Waals surface area contributed by atoms with E-state index in [2.05, 4.69) is 10.3 Å². The highest BCUT2D eigenvalue weighted by Gasteiger charge is 2.22. The van der Waals surface area contributed by atoms with E-state index in [9.17, 15) is 4.79 Å². The fourth-order valence-electron chi connectivity index (χ4n) is 2.51. The topological polar surface area (TPSA) is 65.1 Å². The lowest BCUT2D eigenvalue weighted by Crippen LogP contribution is -2.37. The lowest BCUT2D eigenvalue weighted by atomic mass is 9.84. The summed E-state index contributed by atoms with van der Waals surface area (Å²) in [6.45, 7) is 0.282. The summed E-state index contributed by atoms with van der Waals surface area (Å²) in [5.41, 5.74) is 0.627. The molecule has 0 unspecified atom stereocenters. The molecule has 0 atom stereocenters. The van der Waals surface area contributed by atoms with Gasteiger partial charge in [-0.1, -0.05) is 0 Å². The van der Waals surface area contributed by atoms with Crippen molar-refractivity contribution in [3.63, 3.8) is 0 Å². The molecule has 0 spiro atoms. The number of aromatic amines is 1. The second-order valence-corrected chi connectivity index (χ2v) is 4.79. The van der Waals surface area contributed by atoms with Crippen LogP contribution >= 0.6 is 0 Å². The zero-order valence-corrected chi connectivity index (χ0v) is 9.98. The number of aromatic nitrogens is 1. The van der Waals surface area contributed by atoms with E-state index in [0.29, 0.717) is 17.7 Å². The van der Waals surface area contributed by atoms with Gasteiger partial charge in [-0.05, 0) is 50.2 Å². The molecule has 1 saturated carbocycles. The predicted molar refractivity (Wildman–Crippen MR) is 65.7 cm³/mol. The van der Waals surface area contributed by atoms with E-state index in [4.69, 9.17) is 5.11 Å². The number of carbonyl (C=O) groups is 1. The first-order valence-corrected chi connectivity index (χ1v) is 6.34. The summed E-state index contributed by atoms with van der Waals surface area (Å²) in [4.78, 5) is 14.7. The Balaban J connectivity index is 1.76. The summed E-state index contributed by atoms with van der Waals surface area (Å²) in [5.74, 6) is 0.624. The number of carbonyl (C=O) groups excluding carboxylic acids is 1. The van der Waals surface area contributed by atoms with Gasteiger partial charge in [-0.3, -0.25) is 4.79 Å². The smallest absolute Gasteiger partial charge is 0.267 e. The molecule has 4 heteroatoms. The van der Waals surface area contributed by atoms with Crippen LogP contribution in [0.15, 0.2) is 18.3 Å². The van der Waals surface area contributed by atoms with Gasteiger partial charge in [0.05, 0.1) is 0 Å². The maximum atomic E-state index is 11.8. The second kappa shape index (κ2) is 5.87. The van der Waals surface area contributed by atoms with Crippen molar-refractivity contribution in [1.82, 2.24) is 10.3 Å². The Morgan fingerprint density at radius 3 is 2.76 bits per heavy atom. The molecule has 0 saturated heterocycles. The fourth-order valence-corrected chi connectivity index (χ4v) is 2.51. The van der Waals surface area contributed by atoms with Crippen molar-refractivity contribution in [3.05, 3.63) is 24.0 Å². The predicted octanol–water partition coefficient (Wildman–Crippen LogP) is 1.69. The molecule has 1 aliphatic carbocycles. The van der Waals surface area contributed by atoms with Crippen LogP contribution in [0, 0.1) is 5.92 Å². The Labute approximate surface area is 101 Å². The molecule has 0 aliphatic heterocycles. The van der Waals surface area contributed by atoms with E-state index in [-0.39, 0.29) is 12.5 Å². The van der Waals surface area contributed by atoms with Crippen LogP contribution in [0.25, 0.3) is 0 Å². The van der Waals surface area contributed by atoms with Gasteiger partial charge in [-0.25, -0.2) is 0 Å². The minimum absolute atomic E-state index is 0.0133. The molecular formula is C13H20N2O2. The number of hydrogen-bond acceptors (Lipinski definition) is 2. The number of aliphatic hydroxyl groups is 1. The zero-order chi connectivity index (χ0) is 12.1. The van der Waals surface area contributed by atoms with E-state index in [1.807, 2.05) is 6.07 Å². The molecule has 1 fully saturated rings. The summed E-state index contributed by atoms with van der Waals surface area (Å²) in [6.07, 6.45) is 6.92. The monoisotopic (exact) mass is 236 g/mol. The maximum Gasteiger partial charge on any atom is 0.267 e. The molecule has 0 bridgehead atoms. The Morgan fingerprint density at radius 1 is 1.41 bits per heavy atom. The van der Waals surface area contributed by atoms with E-state index >= 15 is 0 Å². The maximum absolute atomic E-state index is 11.8. The van der Waals surface area contributed by atoms with Crippen LogP contribution in [-0.4, -0.2) is 28.6 Å². The first-order chi connectivity index (χ1) is 8.29. The van der Waals surface area contributed by atoms with Gasteiger partial charge in [-0.15, -0.1) is 0 Å². The number of aliphatic hydroxyl groups excluding tert-OH is 1. The Bertz CT molecular complexity index is 340. The first-order valence-electron chi connectivity index (χ1n) is 6.34. The molecule has 1 amide bonds. The van der Waals surface area contributed by atoms with Crippen LogP contribution in [0.2, 0.25) is 0 Å². The van der Waals surface area contributed by atoms with E-state index in [1.54, 1.807) is 12.3 Å². The third-order valence-corrected chi connectivity index (χ3v) is 3.56. The van der Waals surface area contributed by atoms with Gasteiger partial charge in [-0.2, -0.15) is 0 Å². The van der Waals surface area contributed by atoms with Crippen molar-refractivity contribution in [3.8, 4) is 0 Å². The van der Waals surface area contributed by atoms with Crippen molar-refractivity contribution < 1.29 is 9.90 Å². The van der Waals surface area contributed by atoms with Gasteiger partial charge in [0.2, 0.25) is 0 Å². The molecule has 94 valence electrons. The molecule has 1 heterocycles. The number of rotatable bonds is 4. The highest BCUT2D eigenvalue weighted by atomic mass is 16.3. The number of amides is 1. The molecule has 17 heavy (non-hydrogen) atoms. The van der Waals surface area contributed by atoms with Crippen molar-refractivity contribution >= 4 is 5.91 Å². The van der Waals surface area contributed by atoms with Gasteiger partial charge in [0.15, 0.2) is 0 Å². The van der Waals surface area contributed by atoms with Crippen LogP contribution in [0.1, 0.15) is 42.6 Å². The molecule has 2 rings (SSSR count). The number of H-pyrrole nitrogens is 1. The first kappa shape index (κ1) is 12.2. The van der Waals surface area contributed by atoms with Crippen LogP contribution in [0.4, 0.5) is 0 Å². The SMILES string of the molecule is O=C(NC1CCC(CCO)CC1)c1ccc[nH]1. The van der Waals surface area contributed by atoms with Crippen LogP contribution in [0.3, 0.4) is 0 Å². The lowest BCUT2D eigenvalue weighted by molar-refractivity contribution is 0.0914. The highest BCUT2D eigenvalue weighted by molar-refractivity contribution is 5.92. The average Bonchev–Trinajstić information content (AvgIpc) is 2.86. The fraction of sp³-hybridized carbons (Fsp3) is 0.615. The third kappa shape index (κ3) is 3.33. The van der Waals surface area contributed by atoms with Crippen molar-refractivity contribution in [2.75, 3.05) is 6.61 Å². The van der Waals surface area contributed by atoms with E-state index < -0.39 is 0 Å². The molecule has 4 nitrogen and oxygen atoms in total. The van der Waals surface area contributed by atoms with Gasteiger partial charge < -0.3 is 15.4 Å². The largest absolute Gasteiger partial charge is 0.396 e. The average molecular weight is 236 g/mol. The molecule has 1 aromatic heterocycles. The summed E-state index contributed by atoms with van der Waals surface area (Å²) in [7, 11) is 0. The van der Waals surface area contributed by atoms with E-state index in [1.165, 1.54) is 0 Å². The highest BCUT2D eigenvalue weighted by Crippen LogP contribution is 2.26. The molecule has 0 aromatic carbocycles. The number of hydrogen-bond donors (Lipinski definition) is 3. The summed E-state index contributed by atoms with van der Waals surface area (Å²) in [6, 6.07) is 3.90. The Kier molecular flexibility index (Phi) is 4.20. The van der Waals surface area contributed by atoms with Crippen LogP contribution in [-0.2, 0) is 0 Å². The minimum atomic E-state index is -0.0133. The van der Waals surface area contributed by atoms with Gasteiger partial charge in [0, 0.05) is 18.8 Å². The number of nitrogens with one attached hydrogen (secondary N) is 2. The van der Waals surface area contributed by atoms with Crippen LogP contribution < -0.4 is 5.32 Å². The Hall–Kier alpha value is -1.29. The summed E-state index contributed by atoms with van der Waals surface area (Å²) >= 11 is 0. The summed E-state index contributed by atoms with van der Waals surface area (Å²) < 4.78 is 0. The standard InChI is InChI=1S/C13H20N2O2/c16-9-7-10-3-5-11(6-4-10)15-13(17)12-2-1-8-14-12/h1-2,8,10-11,14,16H,3-7,9H2,(H,15,17). The van der Waals surface area contributed by atoms with Gasteiger partial charge in [0.1, 0.15) is 5.69 Å². The van der Waals surface area contributed by atoms with Crippen molar-refractivity contribution in [2.24, 2.45) is 5.92 Å². The van der Waals surface area contributed by atoms with Crippen molar-refractivity contribution in [1.29, 1.82) is 0 Å². The quantitative estimate of drug-likeness (QED) is 0.744. The summed E-state index contributed by atoms with van der Waals surface area (Å²) in [5, 5.41) is 11.9.